The molecule has 2 aromatic carbocycles. The van der Waals surface area contributed by atoms with Crippen LogP contribution in [0, 0.1) is 0 Å². The van der Waals surface area contributed by atoms with E-state index in [1.165, 1.54) is 46.5 Å². The molecule has 4 rings (SSSR count). The lowest BCUT2D eigenvalue weighted by atomic mass is 10.1. The van der Waals surface area contributed by atoms with Crippen LogP contribution < -0.4 is 19.5 Å². The maximum Gasteiger partial charge on any atom is 0.293 e. The molecular weight excluding hydrogens is 514 g/mol. The van der Waals surface area contributed by atoms with Crippen LogP contribution in [-0.4, -0.2) is 79.1 Å². The van der Waals surface area contributed by atoms with Crippen molar-refractivity contribution in [2.24, 2.45) is 0 Å². The van der Waals surface area contributed by atoms with Gasteiger partial charge in [0, 0.05) is 13.1 Å². The minimum atomic E-state index is -1.07. The second-order valence-electron chi connectivity index (χ2n) is 8.28. The van der Waals surface area contributed by atoms with Gasteiger partial charge in [-0.25, -0.2) is 0 Å². The summed E-state index contributed by atoms with van der Waals surface area (Å²) in [4.78, 5) is 65.5. The van der Waals surface area contributed by atoms with Gasteiger partial charge in [0.2, 0.25) is 11.7 Å². The number of nitrogens with one attached hydrogen (secondary N) is 1. The third kappa shape index (κ3) is 4.82. The Morgan fingerprint density at radius 2 is 1.53 bits per heavy atom. The minimum Gasteiger partial charge on any atom is -0.493 e. The molecule has 1 saturated heterocycles. The standard InChI is InChI=1S/C26H25N3O8S/c1-14(29-23(31)16-7-5-6-8-17(16)24(29)32)22(30)27-9-10-28-25(33)20(38-26(28)34)13-15-11-18(35-2)21(37-4)19(12-15)36-3/h5-8,11-14H,9-10H2,1-4H3,(H,27,30)/b20-13+/t14-/m1/s1. The molecule has 12 heteroatoms. The van der Waals surface area contributed by atoms with Crippen LogP contribution in [0.3, 0.4) is 0 Å². The van der Waals surface area contributed by atoms with Gasteiger partial charge in [0.15, 0.2) is 11.5 Å². The lowest BCUT2D eigenvalue weighted by molar-refractivity contribution is -0.126. The van der Waals surface area contributed by atoms with E-state index in [-0.39, 0.29) is 29.1 Å². The van der Waals surface area contributed by atoms with E-state index in [1.54, 1.807) is 24.3 Å². The fraction of sp³-hybridized carbons (Fsp3) is 0.269. The maximum absolute atomic E-state index is 12.9. The van der Waals surface area contributed by atoms with Gasteiger partial charge in [-0.15, -0.1) is 0 Å². The average Bonchev–Trinajstić information content (AvgIpc) is 3.33. The molecule has 2 aromatic rings. The summed E-state index contributed by atoms with van der Waals surface area (Å²) in [5, 5.41) is 2.11. The number of nitrogens with zero attached hydrogens (tertiary/aromatic N) is 2. The molecule has 11 nitrogen and oxygen atoms in total. The van der Waals surface area contributed by atoms with Crippen LogP contribution in [0.2, 0.25) is 0 Å². The molecule has 1 fully saturated rings. The van der Waals surface area contributed by atoms with Gasteiger partial charge in [0.25, 0.3) is 23.0 Å². The first-order valence-electron chi connectivity index (χ1n) is 11.5. The number of methoxy groups -OCH3 is 3. The van der Waals surface area contributed by atoms with Crippen molar-refractivity contribution in [1.29, 1.82) is 0 Å². The average molecular weight is 540 g/mol. The van der Waals surface area contributed by atoms with E-state index in [9.17, 15) is 24.0 Å². The Morgan fingerprint density at radius 1 is 0.947 bits per heavy atom. The molecular formula is C26H25N3O8S. The van der Waals surface area contributed by atoms with Gasteiger partial charge >= 0.3 is 0 Å². The van der Waals surface area contributed by atoms with Crippen molar-refractivity contribution in [2.45, 2.75) is 13.0 Å². The van der Waals surface area contributed by atoms with Crippen molar-refractivity contribution >= 4 is 46.7 Å². The molecule has 0 aliphatic carbocycles. The highest BCUT2D eigenvalue weighted by atomic mass is 32.2. The number of hydrogen-bond acceptors (Lipinski definition) is 9. The van der Waals surface area contributed by atoms with Crippen molar-refractivity contribution in [1.82, 2.24) is 15.1 Å². The molecule has 0 aromatic heterocycles. The molecule has 0 radical (unpaired) electrons. The van der Waals surface area contributed by atoms with Crippen LogP contribution >= 0.6 is 11.8 Å². The first kappa shape index (κ1) is 26.7. The van der Waals surface area contributed by atoms with Crippen molar-refractivity contribution < 1.29 is 38.2 Å². The zero-order chi connectivity index (χ0) is 27.6. The van der Waals surface area contributed by atoms with E-state index in [4.69, 9.17) is 14.2 Å². The molecule has 0 bridgehead atoms. The normalized spacial score (nSPS) is 16.7. The van der Waals surface area contributed by atoms with E-state index in [0.717, 1.165) is 21.6 Å². The molecule has 0 spiro atoms. The maximum atomic E-state index is 12.9. The molecule has 0 saturated carbocycles. The molecule has 0 unspecified atom stereocenters. The summed E-state index contributed by atoms with van der Waals surface area (Å²) in [5.74, 6) is -1.01. The minimum absolute atomic E-state index is 0.0537. The third-order valence-electron chi connectivity index (χ3n) is 6.09. The number of ether oxygens (including phenoxy) is 3. The van der Waals surface area contributed by atoms with Crippen LogP contribution in [0.5, 0.6) is 17.2 Å². The molecule has 5 amide bonds. The fourth-order valence-electron chi connectivity index (χ4n) is 4.14. The number of carbonyl (C=O) groups excluding carboxylic acids is 5. The number of fused-ring (bicyclic) bond motifs is 1. The second kappa shape index (κ2) is 11.0. The van der Waals surface area contributed by atoms with Gasteiger partial charge < -0.3 is 19.5 Å². The summed E-state index contributed by atoms with van der Waals surface area (Å²) >= 11 is 0.768. The Bertz CT molecular complexity index is 1310. The summed E-state index contributed by atoms with van der Waals surface area (Å²) in [6.07, 6.45) is 1.54. The highest BCUT2D eigenvalue weighted by molar-refractivity contribution is 8.18. The van der Waals surface area contributed by atoms with E-state index in [0.29, 0.717) is 22.8 Å². The topological polar surface area (TPSA) is 132 Å². The third-order valence-corrected chi connectivity index (χ3v) is 6.99. The van der Waals surface area contributed by atoms with E-state index in [1.807, 2.05) is 0 Å². The summed E-state index contributed by atoms with van der Waals surface area (Å²) in [6, 6.07) is 8.58. The molecule has 2 aliphatic heterocycles. The summed E-state index contributed by atoms with van der Waals surface area (Å²) in [7, 11) is 4.42. The van der Waals surface area contributed by atoms with Crippen molar-refractivity contribution in [2.75, 3.05) is 34.4 Å². The van der Waals surface area contributed by atoms with Gasteiger partial charge in [0.05, 0.1) is 37.4 Å². The number of rotatable bonds is 9. The smallest absolute Gasteiger partial charge is 0.293 e. The quantitative estimate of drug-likeness (QED) is 0.377. The highest BCUT2D eigenvalue weighted by Crippen LogP contribution is 2.40. The molecule has 2 aliphatic rings. The molecule has 38 heavy (non-hydrogen) atoms. The summed E-state index contributed by atoms with van der Waals surface area (Å²) < 4.78 is 16.0. The van der Waals surface area contributed by atoms with Crippen molar-refractivity contribution in [3.63, 3.8) is 0 Å². The monoisotopic (exact) mass is 539 g/mol. The largest absolute Gasteiger partial charge is 0.493 e. The van der Waals surface area contributed by atoms with Crippen molar-refractivity contribution in [3.05, 3.63) is 58.0 Å². The Balaban J connectivity index is 1.39. The lowest BCUT2D eigenvalue weighted by Crippen LogP contribution is -2.49. The lowest BCUT2D eigenvalue weighted by Gasteiger charge is -2.22. The second-order valence-corrected chi connectivity index (χ2v) is 9.28. The number of imide groups is 2. The predicted molar refractivity (Wildman–Crippen MR) is 138 cm³/mol. The van der Waals surface area contributed by atoms with Crippen LogP contribution in [0.25, 0.3) is 6.08 Å². The van der Waals surface area contributed by atoms with Crippen LogP contribution in [0.1, 0.15) is 33.2 Å². The van der Waals surface area contributed by atoms with E-state index in [2.05, 4.69) is 5.32 Å². The number of hydrogen-bond donors (Lipinski definition) is 1. The zero-order valence-electron chi connectivity index (χ0n) is 21.1. The Labute approximate surface area is 222 Å². The molecule has 1 atom stereocenters. The van der Waals surface area contributed by atoms with Gasteiger partial charge in [-0.05, 0) is 54.6 Å². The fourth-order valence-corrected chi connectivity index (χ4v) is 5.01. The number of benzene rings is 2. The summed E-state index contributed by atoms with van der Waals surface area (Å²) in [6.45, 7) is 1.30. The Morgan fingerprint density at radius 3 is 2.05 bits per heavy atom. The Kier molecular flexibility index (Phi) is 7.72. The van der Waals surface area contributed by atoms with E-state index >= 15 is 0 Å². The van der Waals surface area contributed by atoms with Crippen LogP contribution in [-0.2, 0) is 9.59 Å². The summed E-state index contributed by atoms with van der Waals surface area (Å²) in [5.41, 5.74) is 1.05. The first-order valence-corrected chi connectivity index (χ1v) is 12.3. The van der Waals surface area contributed by atoms with Crippen LogP contribution in [0.15, 0.2) is 41.3 Å². The molecule has 2 heterocycles. The van der Waals surface area contributed by atoms with Gasteiger partial charge in [0.1, 0.15) is 6.04 Å². The van der Waals surface area contributed by atoms with Gasteiger partial charge in [-0.3, -0.25) is 33.8 Å². The number of thioether (sulfide) groups is 1. The SMILES string of the molecule is COc1cc(/C=C2/SC(=O)N(CCNC(=O)[C@@H](C)N3C(=O)c4ccccc4C3=O)C2=O)cc(OC)c1OC. The molecule has 1 N–H and O–H groups in total. The number of amides is 5. The van der Waals surface area contributed by atoms with Crippen molar-refractivity contribution in [3.8, 4) is 17.2 Å². The van der Waals surface area contributed by atoms with Crippen LogP contribution in [0.4, 0.5) is 4.79 Å². The zero-order valence-corrected chi connectivity index (χ0v) is 21.9. The Hall–Kier alpha value is -4.32. The van der Waals surface area contributed by atoms with Gasteiger partial charge in [-0.1, -0.05) is 12.1 Å². The number of carbonyl (C=O) groups is 5. The molecule has 198 valence electrons. The first-order chi connectivity index (χ1) is 18.2. The predicted octanol–water partition coefficient (Wildman–Crippen LogP) is 2.55. The van der Waals surface area contributed by atoms with E-state index < -0.39 is 34.9 Å². The van der Waals surface area contributed by atoms with Gasteiger partial charge in [-0.2, -0.15) is 0 Å². The highest BCUT2D eigenvalue weighted by Gasteiger charge is 2.41.